The monoisotopic (exact) mass is 650 g/mol. The summed E-state index contributed by atoms with van der Waals surface area (Å²) in [5, 5.41) is 5.10. The van der Waals surface area contributed by atoms with Gasteiger partial charge in [0.05, 0.1) is 29.0 Å². The number of hydrogen-bond acceptors (Lipinski definition) is 6. The van der Waals surface area contributed by atoms with E-state index < -0.39 is 11.2 Å². The Morgan fingerprint density at radius 1 is 0.875 bits per heavy atom. The number of aryl methyl sites for hydroxylation is 1. The van der Waals surface area contributed by atoms with E-state index in [4.69, 9.17) is 14.5 Å². The van der Waals surface area contributed by atoms with E-state index in [0.717, 1.165) is 87.9 Å². The van der Waals surface area contributed by atoms with Crippen molar-refractivity contribution in [2.24, 2.45) is 0 Å². The average molecular weight is 651 g/mol. The molecule has 0 aliphatic carbocycles. The first kappa shape index (κ1) is 33.1. The van der Waals surface area contributed by atoms with Gasteiger partial charge in [0.15, 0.2) is 0 Å². The molecule has 0 radical (unpaired) electrons. The summed E-state index contributed by atoms with van der Waals surface area (Å²) in [6.45, 7) is 12.5. The molecule has 1 aliphatic heterocycles. The summed E-state index contributed by atoms with van der Waals surface area (Å²) in [5.74, 6) is 1.73. The number of benzene rings is 3. The van der Waals surface area contributed by atoms with Gasteiger partial charge in [0, 0.05) is 25.1 Å². The number of carbonyl (C=O) groups excluding carboxylic acids is 2. The predicted octanol–water partition coefficient (Wildman–Crippen LogP) is 8.69. The summed E-state index contributed by atoms with van der Waals surface area (Å²) in [5.41, 5.74) is 5.08. The fourth-order valence-corrected chi connectivity index (χ4v) is 6.11. The van der Waals surface area contributed by atoms with Crippen molar-refractivity contribution in [3.05, 3.63) is 72.4 Å². The van der Waals surface area contributed by atoms with Crippen molar-refractivity contribution in [1.29, 1.82) is 0 Å². The molecule has 10 heteroatoms. The molecule has 6 rings (SSSR count). The fraction of sp³-hybridized carbons (Fsp3) is 0.421. The Bertz CT molecular complexity index is 1930. The Morgan fingerprint density at radius 3 is 2.31 bits per heavy atom. The molecule has 48 heavy (non-hydrogen) atoms. The Hall–Kier alpha value is -4.86. The lowest BCUT2D eigenvalue weighted by Gasteiger charge is -2.27. The van der Waals surface area contributed by atoms with Crippen molar-refractivity contribution >= 4 is 34.0 Å². The first-order valence-corrected chi connectivity index (χ1v) is 16.9. The number of unbranched alkanes of at least 4 members (excludes halogenated alkanes) is 1. The number of aromatic nitrogens is 4. The van der Waals surface area contributed by atoms with Gasteiger partial charge in [-0.1, -0.05) is 30.3 Å². The number of H-pyrrole nitrogens is 2. The molecule has 1 saturated heterocycles. The highest BCUT2D eigenvalue weighted by Gasteiger charge is 2.35. The number of imidazole rings is 2. The molecule has 0 unspecified atom stereocenters. The molecule has 1 atom stereocenters. The van der Waals surface area contributed by atoms with Gasteiger partial charge in [-0.3, -0.25) is 4.90 Å². The van der Waals surface area contributed by atoms with Gasteiger partial charge in [-0.2, -0.15) is 0 Å². The van der Waals surface area contributed by atoms with Crippen LogP contribution in [-0.2, 0) is 15.9 Å². The maximum Gasteiger partial charge on any atom is 0.410 e. The van der Waals surface area contributed by atoms with Crippen LogP contribution in [0, 0.1) is 0 Å². The van der Waals surface area contributed by atoms with E-state index in [1.165, 1.54) is 0 Å². The van der Waals surface area contributed by atoms with Crippen LogP contribution in [0.3, 0.4) is 0 Å². The number of nitrogens with zero attached hydrogens (tertiary/aromatic N) is 3. The van der Waals surface area contributed by atoms with Gasteiger partial charge < -0.3 is 24.8 Å². The van der Waals surface area contributed by atoms with Gasteiger partial charge in [0.25, 0.3) is 0 Å². The van der Waals surface area contributed by atoms with Crippen molar-refractivity contribution in [1.82, 2.24) is 30.2 Å². The Balaban J connectivity index is 1.10. The number of fused-ring (bicyclic) bond motifs is 2. The van der Waals surface area contributed by atoms with Gasteiger partial charge >= 0.3 is 12.2 Å². The molecule has 2 amide bonds. The largest absolute Gasteiger partial charge is 0.444 e. The van der Waals surface area contributed by atoms with E-state index in [-0.39, 0.29) is 18.2 Å². The van der Waals surface area contributed by atoms with E-state index >= 15 is 0 Å². The topological polar surface area (TPSA) is 125 Å². The van der Waals surface area contributed by atoms with Gasteiger partial charge in [-0.15, -0.1) is 0 Å². The average Bonchev–Trinajstić information content (AvgIpc) is 3.78. The molecule has 3 N–H and O–H groups in total. The molecule has 5 aromatic rings. The molecule has 0 spiro atoms. The number of ether oxygens (including phenoxy) is 2. The van der Waals surface area contributed by atoms with E-state index in [1.54, 1.807) is 4.90 Å². The number of hydrogen-bond donors (Lipinski definition) is 3. The molecule has 1 aliphatic rings. The normalized spacial score (nSPS) is 15.3. The summed E-state index contributed by atoms with van der Waals surface area (Å²) < 4.78 is 10.9. The zero-order valence-corrected chi connectivity index (χ0v) is 28.8. The Morgan fingerprint density at radius 2 is 1.56 bits per heavy atom. The Kier molecular flexibility index (Phi) is 9.18. The van der Waals surface area contributed by atoms with Crippen molar-refractivity contribution < 1.29 is 19.1 Å². The summed E-state index contributed by atoms with van der Waals surface area (Å²) >= 11 is 0. The number of nitrogens with one attached hydrogen (secondary N) is 3. The second kappa shape index (κ2) is 13.3. The third kappa shape index (κ3) is 7.98. The van der Waals surface area contributed by atoms with Crippen LogP contribution in [0.2, 0.25) is 0 Å². The lowest BCUT2D eigenvalue weighted by molar-refractivity contribution is 0.0218. The van der Waals surface area contributed by atoms with Crippen LogP contribution in [0.15, 0.2) is 60.8 Å². The second-order valence-corrected chi connectivity index (χ2v) is 14.6. The summed E-state index contributed by atoms with van der Waals surface area (Å²) in [6, 6.07) is 19.1. The van der Waals surface area contributed by atoms with Crippen LogP contribution >= 0.6 is 0 Å². The first-order chi connectivity index (χ1) is 22.8. The minimum atomic E-state index is -0.539. The third-order valence-corrected chi connectivity index (χ3v) is 8.32. The quantitative estimate of drug-likeness (QED) is 0.144. The van der Waals surface area contributed by atoms with Crippen LogP contribution < -0.4 is 5.32 Å². The van der Waals surface area contributed by atoms with Crippen molar-refractivity contribution in [3.63, 3.8) is 0 Å². The maximum atomic E-state index is 12.9. The number of alkyl carbamates (subject to hydrolysis) is 1. The Labute approximate surface area is 281 Å². The van der Waals surface area contributed by atoms with E-state index in [1.807, 2.05) is 53.8 Å². The summed E-state index contributed by atoms with van der Waals surface area (Å²) in [7, 11) is 0. The number of likely N-dealkylation sites (tertiary alicyclic amines) is 1. The molecule has 1 fully saturated rings. The van der Waals surface area contributed by atoms with Crippen LogP contribution in [-0.4, -0.2) is 61.3 Å². The molecule has 0 saturated carbocycles. The van der Waals surface area contributed by atoms with Crippen LogP contribution in [0.5, 0.6) is 0 Å². The lowest BCUT2D eigenvalue weighted by Crippen LogP contribution is -2.36. The molecule has 10 nitrogen and oxygen atoms in total. The molecule has 0 bridgehead atoms. The second-order valence-electron chi connectivity index (χ2n) is 14.6. The van der Waals surface area contributed by atoms with Gasteiger partial charge in [0.1, 0.15) is 22.9 Å². The zero-order chi connectivity index (χ0) is 34.1. The van der Waals surface area contributed by atoms with Crippen molar-refractivity contribution in [2.45, 2.75) is 90.9 Å². The molecule has 3 heterocycles. The minimum absolute atomic E-state index is 0.121. The molecule has 3 aromatic carbocycles. The maximum absolute atomic E-state index is 12.9. The molecule has 2 aromatic heterocycles. The highest BCUT2D eigenvalue weighted by atomic mass is 16.6. The first-order valence-electron chi connectivity index (χ1n) is 16.9. The number of carbonyl (C=O) groups is 2. The fourth-order valence-electron chi connectivity index (χ4n) is 6.11. The van der Waals surface area contributed by atoms with Crippen molar-refractivity contribution in [2.75, 3.05) is 13.1 Å². The minimum Gasteiger partial charge on any atom is -0.444 e. The smallest absolute Gasteiger partial charge is 0.410 e. The van der Waals surface area contributed by atoms with Crippen molar-refractivity contribution in [3.8, 4) is 22.4 Å². The lowest BCUT2D eigenvalue weighted by atomic mass is 9.99. The summed E-state index contributed by atoms with van der Waals surface area (Å²) in [6.07, 6.45) is 5.53. The number of rotatable bonds is 8. The van der Waals surface area contributed by atoms with Crippen LogP contribution in [0.1, 0.15) is 84.9 Å². The van der Waals surface area contributed by atoms with E-state index in [9.17, 15) is 9.59 Å². The van der Waals surface area contributed by atoms with E-state index in [0.29, 0.717) is 13.1 Å². The predicted molar refractivity (Wildman–Crippen MR) is 189 cm³/mol. The van der Waals surface area contributed by atoms with Crippen LogP contribution in [0.25, 0.3) is 44.2 Å². The van der Waals surface area contributed by atoms with Crippen LogP contribution in [0.4, 0.5) is 9.59 Å². The molecular weight excluding hydrogens is 604 g/mol. The highest BCUT2D eigenvalue weighted by molar-refractivity contribution is 5.91. The standard InChI is InChI=1S/C38H46N6O4/c1-37(2,3)47-35(45)39-18-8-7-11-33-40-23-31(41-33)28-15-14-24-20-25(12-13-26(24)21-28)27-16-17-29-30(22-27)43-34(42-29)32-10-9-19-44(32)36(46)48-38(4,5)6/h12-17,20-23,32H,7-11,18-19H2,1-6H3,(H,39,45)(H,40,41)(H,42,43)/t32-/m0/s1. The van der Waals surface area contributed by atoms with Gasteiger partial charge in [0.2, 0.25) is 0 Å². The third-order valence-electron chi connectivity index (χ3n) is 8.32. The SMILES string of the molecule is CC(C)(C)OC(=O)NCCCCc1ncc(-c2ccc3cc(-c4ccc5nc([C@@H]6CCCN6C(=O)OC(C)(C)C)[nH]c5c4)ccc3c2)[nH]1. The van der Waals surface area contributed by atoms with Gasteiger partial charge in [-0.05, 0) is 113 Å². The van der Waals surface area contributed by atoms with Gasteiger partial charge in [-0.25, -0.2) is 19.6 Å². The number of aromatic amines is 2. The molecular formula is C38H46N6O4. The number of amides is 2. The highest BCUT2D eigenvalue weighted by Crippen LogP contribution is 2.34. The zero-order valence-electron chi connectivity index (χ0n) is 28.8. The molecule has 252 valence electrons. The summed E-state index contributed by atoms with van der Waals surface area (Å²) in [4.78, 5) is 42.9. The van der Waals surface area contributed by atoms with E-state index in [2.05, 4.69) is 68.8 Å².